The minimum Gasteiger partial charge on any atom is -0.316 e. The molecule has 0 radical (unpaired) electrons. The molecule has 0 aliphatic carbocycles. The lowest BCUT2D eigenvalue weighted by Crippen LogP contribution is -2.33. The summed E-state index contributed by atoms with van der Waals surface area (Å²) < 4.78 is 40.1. The molecule has 0 atom stereocenters. The average Bonchev–Trinajstić information content (AvgIpc) is 2.16. The molecule has 0 bridgehead atoms. The van der Waals surface area contributed by atoms with Crippen LogP contribution in [0.25, 0.3) is 0 Å². The molecule has 0 heterocycles. The van der Waals surface area contributed by atoms with Crippen LogP contribution in [0.1, 0.15) is 22.3 Å². The summed E-state index contributed by atoms with van der Waals surface area (Å²) in [6, 6.07) is 0. The average molecular weight is 385 g/mol. The summed E-state index contributed by atoms with van der Waals surface area (Å²) in [5.41, 5.74) is 0. The summed E-state index contributed by atoms with van der Waals surface area (Å²) in [5.74, 6) is 0. The van der Waals surface area contributed by atoms with E-state index in [1.807, 2.05) is 13.1 Å². The van der Waals surface area contributed by atoms with Crippen molar-refractivity contribution in [1.82, 2.24) is 9.62 Å². The van der Waals surface area contributed by atoms with Crippen LogP contribution in [-0.2, 0) is 19.4 Å². The van der Waals surface area contributed by atoms with E-state index in [0.717, 1.165) is 10.8 Å². The summed E-state index contributed by atoms with van der Waals surface area (Å²) in [6.07, 6.45) is 3.28. The van der Waals surface area contributed by atoms with Crippen molar-refractivity contribution < 1.29 is 16.8 Å². The molecule has 0 rings (SSSR count). The Morgan fingerprint density at radius 1 is 1.09 bits per heavy atom. The van der Waals surface area contributed by atoms with Crippen molar-refractivity contribution in [3.8, 4) is 0 Å². The highest BCUT2D eigenvalue weighted by Gasteiger charge is 2.07. The maximum absolute atomic E-state index is 10.4. The first kappa shape index (κ1) is 37.6. The minimum atomic E-state index is -3.69. The Morgan fingerprint density at radius 3 is 1.45 bits per heavy atom. The van der Waals surface area contributed by atoms with Gasteiger partial charge in [-0.15, -0.1) is 13.2 Å². The van der Waals surface area contributed by atoms with Crippen molar-refractivity contribution in [3.05, 3.63) is 25.3 Å². The van der Waals surface area contributed by atoms with Gasteiger partial charge in [-0.1, -0.05) is 34.4 Å². The van der Waals surface area contributed by atoms with Crippen LogP contribution < -0.4 is 15.6 Å². The van der Waals surface area contributed by atoms with Crippen LogP contribution in [0.3, 0.4) is 0 Å². The molecule has 0 aliphatic heterocycles. The number of nitrogens with two attached hydrogens (primary N) is 2. The van der Waals surface area contributed by atoms with Gasteiger partial charge in [-0.3, -0.25) is 0 Å². The van der Waals surface area contributed by atoms with Gasteiger partial charge in [0, 0.05) is 30.8 Å². The Morgan fingerprint density at radius 2 is 1.41 bits per heavy atom. The maximum atomic E-state index is 10.4. The van der Waals surface area contributed by atoms with Crippen LogP contribution in [0.2, 0.25) is 0 Å². The molecule has 0 unspecified atom stereocenters. The van der Waals surface area contributed by atoms with Gasteiger partial charge in [0.25, 0.3) is 19.4 Å². The van der Waals surface area contributed by atoms with E-state index < -0.39 is 19.4 Å². The van der Waals surface area contributed by atoms with Crippen molar-refractivity contribution in [2.24, 2.45) is 10.3 Å². The summed E-state index contributed by atoms with van der Waals surface area (Å²) in [6.45, 7) is 7.99. The third-order valence-corrected chi connectivity index (χ3v) is 2.19. The lowest BCUT2D eigenvalue weighted by atomic mass is 10.6. The fourth-order valence-corrected chi connectivity index (χ4v) is 0.743. The fraction of sp³-hybridized carbons (Fsp3) is 0.636. The van der Waals surface area contributed by atoms with E-state index >= 15 is 0 Å². The molecule has 140 valence electrons. The van der Waals surface area contributed by atoms with Gasteiger partial charge in [-0.2, -0.15) is 21.1 Å². The molecule has 0 fully saturated rings. The number of nitrogens with one attached hydrogen (secondary N) is 1. The van der Waals surface area contributed by atoms with E-state index in [4.69, 9.17) is 5.14 Å². The van der Waals surface area contributed by atoms with E-state index in [-0.39, 0.29) is 28.8 Å². The van der Waals surface area contributed by atoms with Crippen molar-refractivity contribution in [3.63, 3.8) is 0 Å². The first-order chi connectivity index (χ1) is 8.40. The highest BCUT2D eigenvalue weighted by atomic mass is 35.7. The normalized spacial score (nSPS) is 9.18. The van der Waals surface area contributed by atoms with Crippen molar-refractivity contribution >= 4 is 30.1 Å². The lowest BCUT2D eigenvalue weighted by molar-refractivity contribution is 0.501. The van der Waals surface area contributed by atoms with E-state index in [2.05, 4.69) is 34.3 Å². The largest absolute Gasteiger partial charge is 0.316 e. The van der Waals surface area contributed by atoms with E-state index in [0.29, 0.717) is 0 Å². The lowest BCUT2D eigenvalue weighted by Gasteiger charge is -2.08. The molecule has 0 saturated carbocycles. The van der Waals surface area contributed by atoms with Crippen LogP contribution in [0, 0.1) is 0 Å². The summed E-state index contributed by atoms with van der Waals surface area (Å²) in [4.78, 5) is 0. The van der Waals surface area contributed by atoms with Crippen LogP contribution >= 0.6 is 10.7 Å². The predicted octanol–water partition coefficient (Wildman–Crippen LogP) is 1.04. The van der Waals surface area contributed by atoms with Gasteiger partial charge in [-0.05, 0) is 7.05 Å². The van der Waals surface area contributed by atoms with E-state index in [1.54, 1.807) is 0 Å². The number of hydrogen-bond donors (Lipinski definition) is 3. The first-order valence-corrected chi connectivity index (χ1v) is 8.60. The van der Waals surface area contributed by atoms with Crippen molar-refractivity contribution in [2.45, 2.75) is 22.3 Å². The second-order valence-electron chi connectivity index (χ2n) is 2.94. The molecule has 0 saturated heterocycles. The van der Waals surface area contributed by atoms with Gasteiger partial charge >= 0.3 is 0 Å². The smallest absolute Gasteiger partial charge is 0.294 e. The van der Waals surface area contributed by atoms with Gasteiger partial charge in [0.2, 0.25) is 0 Å². The molecule has 8 nitrogen and oxygen atoms in total. The molecule has 0 amide bonds. The molecule has 5 N–H and O–H groups in total. The second-order valence-corrected chi connectivity index (χ2v) is 6.83. The number of hydrogen-bond acceptors (Lipinski definition) is 5. The zero-order chi connectivity index (χ0) is 16.1. The first-order valence-electron chi connectivity index (χ1n) is 4.72. The van der Waals surface area contributed by atoms with Crippen LogP contribution in [-0.4, -0.2) is 48.3 Å². The Labute approximate surface area is 141 Å². The molecule has 0 aromatic carbocycles. The van der Waals surface area contributed by atoms with Crippen LogP contribution in [0.15, 0.2) is 25.3 Å². The Balaban J connectivity index is -0.0000000434. The highest BCUT2D eigenvalue weighted by Crippen LogP contribution is 1.86. The van der Waals surface area contributed by atoms with Crippen LogP contribution in [0.4, 0.5) is 0 Å². The molecular weight excluding hydrogens is 352 g/mol. The SMILES string of the molecule is C.C.C.C=CCN(C)S(N)(=O)=O.C=CCNC.NS(=O)(=O)Cl. The topological polar surface area (TPSA) is 136 Å². The zero-order valence-corrected chi connectivity index (χ0v) is 13.3. The van der Waals surface area contributed by atoms with Crippen molar-refractivity contribution in [1.29, 1.82) is 0 Å². The van der Waals surface area contributed by atoms with Gasteiger partial charge in [0.15, 0.2) is 0 Å². The van der Waals surface area contributed by atoms with Crippen LogP contribution in [0.5, 0.6) is 0 Å². The summed E-state index contributed by atoms with van der Waals surface area (Å²) in [7, 11) is 0.359. The second kappa shape index (κ2) is 20.5. The highest BCUT2D eigenvalue weighted by molar-refractivity contribution is 8.11. The Hall–Kier alpha value is -0.490. The number of halogens is 1. The van der Waals surface area contributed by atoms with E-state index in [1.165, 1.54) is 13.1 Å². The number of nitrogens with zero attached hydrogens (tertiary/aromatic N) is 1. The molecule has 11 heteroatoms. The third kappa shape index (κ3) is 60.5. The standard InChI is InChI=1S/C4H10N2O2S.C4H9N.3CH4.ClH2NO2S/c1-3-4-6(2)9(5,7)8;1-3-4-5-2;;;;1-5(2,3)4/h3H,1,4H2,2H3,(H2,5,7,8);3,5H,1,4H2,2H3;3*1H4;(H2,2,3,4). The van der Waals surface area contributed by atoms with Gasteiger partial charge in [-0.25, -0.2) is 10.3 Å². The molecular formula is C11H33ClN4O4S2. The van der Waals surface area contributed by atoms with Gasteiger partial charge in [0.05, 0.1) is 0 Å². The monoisotopic (exact) mass is 384 g/mol. The number of likely N-dealkylation sites (N-methyl/N-ethyl adjacent to an activating group) is 2. The zero-order valence-electron chi connectivity index (χ0n) is 10.9. The third-order valence-electron chi connectivity index (χ3n) is 1.17. The maximum Gasteiger partial charge on any atom is 0.294 e. The molecule has 22 heavy (non-hydrogen) atoms. The minimum absolute atomic E-state index is 0. The summed E-state index contributed by atoms with van der Waals surface area (Å²) in [5, 5.41) is 11.7. The predicted molar refractivity (Wildman–Crippen MR) is 99.2 cm³/mol. The Kier molecular flexibility index (Phi) is 35.1. The molecule has 0 aromatic rings. The molecule has 0 aliphatic rings. The van der Waals surface area contributed by atoms with Gasteiger partial charge < -0.3 is 5.32 Å². The Bertz CT molecular complexity index is 431. The number of rotatable bonds is 5. The fourth-order valence-electron chi connectivity index (χ4n) is 0.430. The van der Waals surface area contributed by atoms with E-state index in [9.17, 15) is 16.8 Å². The van der Waals surface area contributed by atoms with Gasteiger partial charge in [0.1, 0.15) is 0 Å². The molecule has 0 spiro atoms. The molecule has 0 aromatic heterocycles. The van der Waals surface area contributed by atoms with Crippen molar-refractivity contribution in [2.75, 3.05) is 27.2 Å². The quantitative estimate of drug-likeness (QED) is 0.480. The summed E-state index contributed by atoms with van der Waals surface area (Å²) >= 11 is 0.